The Hall–Kier alpha value is -0.690. The van der Waals surface area contributed by atoms with E-state index in [-0.39, 0.29) is 37.1 Å². The second-order valence-corrected chi connectivity index (χ2v) is 2.58. The summed E-state index contributed by atoms with van der Waals surface area (Å²) >= 11 is 0. The number of nitrogens with one attached hydrogen (secondary N) is 1. The summed E-state index contributed by atoms with van der Waals surface area (Å²) in [6, 6.07) is 5.61. The standard InChI is InChI=1S/C8H9F3N2O.2ClH/c9-8(10,11)14-7-3-1-2-6(4-7)5-13-12;;/h1-4,13H,5,12H2;2*1H. The summed E-state index contributed by atoms with van der Waals surface area (Å²) in [4.78, 5) is 0. The number of rotatable bonds is 3. The van der Waals surface area contributed by atoms with Gasteiger partial charge < -0.3 is 4.74 Å². The smallest absolute Gasteiger partial charge is 0.406 e. The van der Waals surface area contributed by atoms with Gasteiger partial charge in [-0.2, -0.15) is 0 Å². The van der Waals surface area contributed by atoms with Crippen LogP contribution >= 0.6 is 24.8 Å². The lowest BCUT2D eigenvalue weighted by atomic mass is 10.2. The second kappa shape index (κ2) is 7.56. The molecule has 0 aromatic heterocycles. The van der Waals surface area contributed by atoms with Crippen molar-refractivity contribution in [2.24, 2.45) is 5.84 Å². The lowest BCUT2D eigenvalue weighted by molar-refractivity contribution is -0.274. The third kappa shape index (κ3) is 6.73. The molecule has 0 bridgehead atoms. The summed E-state index contributed by atoms with van der Waals surface area (Å²) in [5.41, 5.74) is 2.96. The van der Waals surface area contributed by atoms with Crippen molar-refractivity contribution in [2.45, 2.75) is 12.9 Å². The van der Waals surface area contributed by atoms with Gasteiger partial charge in [0.2, 0.25) is 0 Å². The fourth-order valence-corrected chi connectivity index (χ4v) is 0.970. The van der Waals surface area contributed by atoms with Crippen molar-refractivity contribution in [3.05, 3.63) is 29.8 Å². The van der Waals surface area contributed by atoms with Gasteiger partial charge in [0.25, 0.3) is 0 Å². The molecule has 1 rings (SSSR count). The molecule has 3 nitrogen and oxygen atoms in total. The van der Waals surface area contributed by atoms with E-state index in [2.05, 4.69) is 10.2 Å². The van der Waals surface area contributed by atoms with Crippen LogP contribution < -0.4 is 16.0 Å². The van der Waals surface area contributed by atoms with Gasteiger partial charge >= 0.3 is 6.36 Å². The first-order valence-electron chi connectivity index (χ1n) is 3.79. The molecule has 8 heteroatoms. The van der Waals surface area contributed by atoms with E-state index in [0.717, 1.165) is 0 Å². The first kappa shape index (κ1) is 17.7. The molecule has 0 spiro atoms. The first-order valence-corrected chi connectivity index (χ1v) is 3.79. The van der Waals surface area contributed by atoms with Crippen LogP contribution in [0.5, 0.6) is 5.75 Å². The number of nitrogens with two attached hydrogens (primary N) is 1. The van der Waals surface area contributed by atoms with E-state index in [4.69, 9.17) is 5.84 Å². The minimum atomic E-state index is -4.66. The molecule has 0 radical (unpaired) electrons. The average molecular weight is 279 g/mol. The van der Waals surface area contributed by atoms with Crippen LogP contribution in [0.2, 0.25) is 0 Å². The Morgan fingerprint density at radius 2 is 1.88 bits per heavy atom. The zero-order chi connectivity index (χ0) is 10.6. The number of alkyl halides is 3. The van der Waals surface area contributed by atoms with E-state index >= 15 is 0 Å². The maximum Gasteiger partial charge on any atom is 0.573 e. The van der Waals surface area contributed by atoms with Crippen LogP contribution in [-0.4, -0.2) is 6.36 Å². The van der Waals surface area contributed by atoms with Gasteiger partial charge in [0.15, 0.2) is 0 Å². The van der Waals surface area contributed by atoms with Gasteiger partial charge in [0.05, 0.1) is 0 Å². The van der Waals surface area contributed by atoms with E-state index in [1.165, 1.54) is 18.2 Å². The van der Waals surface area contributed by atoms with E-state index in [1.807, 2.05) is 0 Å². The third-order valence-corrected chi connectivity index (χ3v) is 1.44. The number of benzene rings is 1. The number of halogens is 5. The summed E-state index contributed by atoms with van der Waals surface area (Å²) < 4.78 is 39.1. The Kier molecular flexibility index (Phi) is 8.36. The highest BCUT2D eigenvalue weighted by molar-refractivity contribution is 5.85. The molecule has 0 unspecified atom stereocenters. The van der Waals surface area contributed by atoms with E-state index in [9.17, 15) is 13.2 Å². The van der Waals surface area contributed by atoms with Crippen LogP contribution in [0.4, 0.5) is 13.2 Å². The molecule has 0 fully saturated rings. The van der Waals surface area contributed by atoms with Gasteiger partial charge in [-0.05, 0) is 17.7 Å². The van der Waals surface area contributed by atoms with Crippen molar-refractivity contribution in [3.63, 3.8) is 0 Å². The number of hydrogen-bond acceptors (Lipinski definition) is 3. The normalized spacial score (nSPS) is 10.0. The highest BCUT2D eigenvalue weighted by Crippen LogP contribution is 2.23. The summed E-state index contributed by atoms with van der Waals surface area (Å²) in [6.45, 7) is 0.287. The number of hydrazine groups is 1. The first-order chi connectivity index (χ1) is 6.51. The third-order valence-electron chi connectivity index (χ3n) is 1.44. The molecule has 94 valence electrons. The summed E-state index contributed by atoms with van der Waals surface area (Å²) in [5, 5.41) is 0. The highest BCUT2D eigenvalue weighted by Gasteiger charge is 2.30. The Morgan fingerprint density at radius 1 is 1.25 bits per heavy atom. The SMILES string of the molecule is Cl.Cl.NNCc1cccc(OC(F)(F)F)c1. The van der Waals surface area contributed by atoms with Crippen LogP contribution in [-0.2, 0) is 6.54 Å². The van der Waals surface area contributed by atoms with Gasteiger partial charge in [-0.3, -0.25) is 11.3 Å². The summed E-state index contributed by atoms with van der Waals surface area (Å²) in [6.07, 6.45) is -4.66. The van der Waals surface area contributed by atoms with E-state index < -0.39 is 6.36 Å². The van der Waals surface area contributed by atoms with Crippen LogP contribution in [0.25, 0.3) is 0 Å². The molecule has 0 saturated heterocycles. The molecule has 0 amide bonds. The number of ether oxygens (including phenoxy) is 1. The van der Waals surface area contributed by atoms with Crippen LogP contribution in [0.15, 0.2) is 24.3 Å². The maximum atomic E-state index is 11.8. The molecule has 16 heavy (non-hydrogen) atoms. The molecule has 0 atom stereocenters. The van der Waals surface area contributed by atoms with Crippen LogP contribution in [0.3, 0.4) is 0 Å². The van der Waals surface area contributed by atoms with Crippen molar-refractivity contribution >= 4 is 24.8 Å². The van der Waals surface area contributed by atoms with E-state index in [0.29, 0.717) is 5.56 Å². The lowest BCUT2D eigenvalue weighted by Gasteiger charge is -2.09. The van der Waals surface area contributed by atoms with Gasteiger partial charge in [0.1, 0.15) is 5.75 Å². The molecule has 1 aromatic rings. The fourth-order valence-electron chi connectivity index (χ4n) is 0.970. The molecule has 0 heterocycles. The van der Waals surface area contributed by atoms with Crippen molar-refractivity contribution in [2.75, 3.05) is 0 Å². The zero-order valence-corrected chi connectivity index (χ0v) is 9.59. The van der Waals surface area contributed by atoms with Crippen LogP contribution in [0.1, 0.15) is 5.56 Å². The molecular formula is C8H11Cl2F3N2O. The van der Waals surface area contributed by atoms with Gasteiger partial charge in [-0.15, -0.1) is 38.0 Å². The summed E-state index contributed by atoms with van der Waals surface area (Å²) in [7, 11) is 0. The predicted octanol–water partition coefficient (Wildman–Crippen LogP) is 2.39. The van der Waals surface area contributed by atoms with Gasteiger partial charge in [-0.25, -0.2) is 0 Å². The Labute approximate surface area is 103 Å². The minimum Gasteiger partial charge on any atom is -0.406 e. The Morgan fingerprint density at radius 3 is 2.38 bits per heavy atom. The monoisotopic (exact) mass is 278 g/mol. The molecular weight excluding hydrogens is 268 g/mol. The maximum absolute atomic E-state index is 11.8. The highest BCUT2D eigenvalue weighted by atomic mass is 35.5. The molecule has 3 N–H and O–H groups in total. The summed E-state index contributed by atoms with van der Waals surface area (Å²) in [5.74, 6) is 4.78. The predicted molar refractivity (Wildman–Crippen MR) is 58.6 cm³/mol. The van der Waals surface area contributed by atoms with Gasteiger partial charge in [0, 0.05) is 6.54 Å². The van der Waals surface area contributed by atoms with Crippen molar-refractivity contribution in [1.82, 2.24) is 5.43 Å². The Bertz CT molecular complexity index is 310. The van der Waals surface area contributed by atoms with Crippen molar-refractivity contribution in [1.29, 1.82) is 0 Å². The van der Waals surface area contributed by atoms with Crippen molar-refractivity contribution < 1.29 is 17.9 Å². The fraction of sp³-hybridized carbons (Fsp3) is 0.250. The molecule has 0 aliphatic carbocycles. The molecule has 1 aromatic carbocycles. The Balaban J connectivity index is 0. The molecule has 0 saturated carbocycles. The van der Waals surface area contributed by atoms with Gasteiger partial charge in [-0.1, -0.05) is 12.1 Å². The average Bonchev–Trinajstić information content (AvgIpc) is 2.02. The zero-order valence-electron chi connectivity index (χ0n) is 7.95. The topological polar surface area (TPSA) is 47.3 Å². The van der Waals surface area contributed by atoms with Crippen LogP contribution in [0, 0.1) is 0 Å². The van der Waals surface area contributed by atoms with Crippen molar-refractivity contribution in [3.8, 4) is 5.75 Å². The molecule has 0 aliphatic rings. The minimum absolute atomic E-state index is 0. The number of hydrogen-bond donors (Lipinski definition) is 2. The lowest BCUT2D eigenvalue weighted by Crippen LogP contribution is -2.21. The quantitative estimate of drug-likeness (QED) is 0.659. The van der Waals surface area contributed by atoms with E-state index in [1.54, 1.807) is 6.07 Å². The second-order valence-electron chi connectivity index (χ2n) is 2.58. The largest absolute Gasteiger partial charge is 0.573 e. The molecule has 0 aliphatic heterocycles.